The summed E-state index contributed by atoms with van der Waals surface area (Å²) in [6, 6.07) is 4.11. The average molecular weight is 299 g/mol. The molecule has 0 aliphatic heterocycles. The van der Waals surface area contributed by atoms with Crippen LogP contribution in [0.15, 0.2) is 18.2 Å². The first-order valence-corrected chi connectivity index (χ1v) is 8.41. The number of rotatable bonds is 4. The number of hydrogen-bond donors (Lipinski definition) is 2. The lowest BCUT2D eigenvalue weighted by atomic mass is 10.3. The van der Waals surface area contributed by atoms with Crippen LogP contribution in [0.3, 0.4) is 0 Å². The monoisotopic (exact) mass is 298 g/mol. The van der Waals surface area contributed by atoms with Crippen LogP contribution in [0, 0.1) is 0 Å². The number of anilines is 2. The van der Waals surface area contributed by atoms with Crippen molar-refractivity contribution in [2.24, 2.45) is 0 Å². The van der Waals surface area contributed by atoms with Gasteiger partial charge in [0.25, 0.3) is 0 Å². The minimum Gasteiger partial charge on any atom is -0.397 e. The van der Waals surface area contributed by atoms with Gasteiger partial charge in [-0.05, 0) is 18.2 Å². The molecule has 6 nitrogen and oxygen atoms in total. The molecule has 0 aromatic heterocycles. The minimum absolute atomic E-state index is 0.163. The summed E-state index contributed by atoms with van der Waals surface area (Å²) in [4.78, 5) is 0. The molecule has 17 heavy (non-hydrogen) atoms. The second kappa shape index (κ2) is 4.71. The van der Waals surface area contributed by atoms with Crippen molar-refractivity contribution in [2.45, 2.75) is 0 Å². The highest BCUT2D eigenvalue weighted by Crippen LogP contribution is 2.23. The Morgan fingerprint density at radius 1 is 1.29 bits per heavy atom. The summed E-state index contributed by atoms with van der Waals surface area (Å²) in [6.45, 7) is 0. The van der Waals surface area contributed by atoms with E-state index in [2.05, 4.69) is 4.72 Å². The molecular weight excluding hydrogens is 288 g/mol. The van der Waals surface area contributed by atoms with E-state index in [4.69, 9.17) is 17.3 Å². The van der Waals surface area contributed by atoms with Crippen molar-refractivity contribution in [2.75, 3.05) is 21.8 Å². The molecular formula is C8H11ClN2O4S2. The van der Waals surface area contributed by atoms with Gasteiger partial charge in [0.15, 0.2) is 14.9 Å². The van der Waals surface area contributed by atoms with Crippen molar-refractivity contribution in [3.05, 3.63) is 23.2 Å². The highest BCUT2D eigenvalue weighted by Gasteiger charge is 2.18. The third-order valence-electron chi connectivity index (χ3n) is 1.64. The van der Waals surface area contributed by atoms with Crippen LogP contribution in [0.1, 0.15) is 0 Å². The van der Waals surface area contributed by atoms with Crippen molar-refractivity contribution >= 4 is 42.8 Å². The molecule has 0 radical (unpaired) electrons. The van der Waals surface area contributed by atoms with Crippen molar-refractivity contribution < 1.29 is 16.8 Å². The Morgan fingerprint density at radius 3 is 2.35 bits per heavy atom. The molecule has 0 bridgehead atoms. The SMILES string of the molecule is CS(=O)(=O)CS(=O)(=O)Nc1ccc(Cl)c(N)c1. The van der Waals surface area contributed by atoms with Gasteiger partial charge in [0, 0.05) is 6.26 Å². The Labute approximate surface area is 105 Å². The molecule has 0 aliphatic carbocycles. The molecule has 3 N–H and O–H groups in total. The summed E-state index contributed by atoms with van der Waals surface area (Å²) in [5.41, 5.74) is 5.84. The lowest BCUT2D eigenvalue weighted by Crippen LogP contribution is -2.22. The van der Waals surface area contributed by atoms with Crippen molar-refractivity contribution in [1.82, 2.24) is 0 Å². The van der Waals surface area contributed by atoms with Crippen molar-refractivity contribution in [3.63, 3.8) is 0 Å². The van der Waals surface area contributed by atoms with E-state index in [1.54, 1.807) is 0 Å². The first-order valence-electron chi connectivity index (χ1n) is 4.32. The smallest absolute Gasteiger partial charge is 0.247 e. The molecule has 0 fully saturated rings. The zero-order valence-corrected chi connectivity index (χ0v) is 11.2. The predicted molar refractivity (Wildman–Crippen MR) is 68.1 cm³/mol. The maximum absolute atomic E-state index is 11.4. The van der Waals surface area contributed by atoms with Gasteiger partial charge in [0.1, 0.15) is 0 Å². The van der Waals surface area contributed by atoms with Crippen LogP contribution in [0.4, 0.5) is 11.4 Å². The van der Waals surface area contributed by atoms with Crippen molar-refractivity contribution in [3.8, 4) is 0 Å². The molecule has 0 spiro atoms. The molecule has 1 rings (SSSR count). The molecule has 0 atom stereocenters. The van der Waals surface area contributed by atoms with Gasteiger partial charge < -0.3 is 5.73 Å². The Hall–Kier alpha value is -0.990. The van der Waals surface area contributed by atoms with E-state index >= 15 is 0 Å². The first kappa shape index (κ1) is 14.1. The molecule has 1 aromatic rings. The molecule has 0 saturated heterocycles. The standard InChI is InChI=1S/C8H11ClN2O4S2/c1-16(12,13)5-17(14,15)11-6-2-3-7(9)8(10)4-6/h2-4,11H,5,10H2,1H3. The minimum atomic E-state index is -3.96. The number of halogens is 1. The molecule has 96 valence electrons. The molecule has 1 aromatic carbocycles. The number of sulfonamides is 1. The average Bonchev–Trinajstić information content (AvgIpc) is 2.06. The van der Waals surface area contributed by atoms with Crippen LogP contribution in [-0.4, -0.2) is 28.2 Å². The van der Waals surface area contributed by atoms with Crippen LogP contribution >= 0.6 is 11.6 Å². The summed E-state index contributed by atoms with van der Waals surface area (Å²) in [5, 5.41) is -0.696. The van der Waals surface area contributed by atoms with E-state index < -0.39 is 24.9 Å². The largest absolute Gasteiger partial charge is 0.397 e. The lowest BCUT2D eigenvalue weighted by molar-refractivity contribution is 0.595. The number of benzene rings is 1. The number of nitrogens with two attached hydrogens (primary N) is 1. The van der Waals surface area contributed by atoms with Crippen LogP contribution < -0.4 is 10.5 Å². The van der Waals surface area contributed by atoms with Gasteiger partial charge in [-0.2, -0.15) is 0 Å². The number of hydrogen-bond acceptors (Lipinski definition) is 5. The van der Waals surface area contributed by atoms with Gasteiger partial charge in [0.05, 0.1) is 16.4 Å². The Bertz CT molecular complexity index is 625. The van der Waals surface area contributed by atoms with Gasteiger partial charge >= 0.3 is 0 Å². The maximum atomic E-state index is 11.4. The van der Waals surface area contributed by atoms with Crippen LogP contribution in [0.5, 0.6) is 0 Å². The fourth-order valence-electron chi connectivity index (χ4n) is 1.10. The zero-order valence-electron chi connectivity index (χ0n) is 8.84. The predicted octanol–water partition coefficient (Wildman–Crippen LogP) is 0.666. The van der Waals surface area contributed by atoms with E-state index in [0.717, 1.165) is 6.26 Å². The van der Waals surface area contributed by atoms with Crippen LogP contribution in [0.25, 0.3) is 0 Å². The van der Waals surface area contributed by atoms with E-state index in [-0.39, 0.29) is 16.4 Å². The first-order chi connectivity index (χ1) is 7.59. The van der Waals surface area contributed by atoms with Gasteiger partial charge in [-0.25, -0.2) is 16.8 Å². The molecule has 0 aliphatic rings. The zero-order chi connectivity index (χ0) is 13.3. The van der Waals surface area contributed by atoms with Crippen LogP contribution in [0.2, 0.25) is 5.02 Å². The summed E-state index contributed by atoms with van der Waals surface area (Å²) >= 11 is 5.66. The topological polar surface area (TPSA) is 106 Å². The Morgan fingerprint density at radius 2 is 1.88 bits per heavy atom. The molecule has 0 amide bonds. The van der Waals surface area contributed by atoms with Crippen LogP contribution in [-0.2, 0) is 19.9 Å². The normalized spacial score (nSPS) is 12.4. The summed E-state index contributed by atoms with van der Waals surface area (Å²) < 4.78 is 46.8. The third-order valence-corrected chi connectivity index (χ3v) is 5.48. The summed E-state index contributed by atoms with van der Waals surface area (Å²) in [5.74, 6) is 0. The number of nitrogens with one attached hydrogen (secondary N) is 1. The Kier molecular flexibility index (Phi) is 3.90. The van der Waals surface area contributed by atoms with Crippen molar-refractivity contribution in [1.29, 1.82) is 0 Å². The molecule has 9 heteroatoms. The number of nitrogen functional groups attached to an aromatic ring is 1. The Balaban J connectivity index is 2.95. The molecule has 0 unspecified atom stereocenters. The summed E-state index contributed by atoms with van der Waals surface area (Å²) in [6.07, 6.45) is 0.836. The van der Waals surface area contributed by atoms with E-state index in [1.807, 2.05) is 0 Å². The quantitative estimate of drug-likeness (QED) is 0.794. The molecule has 0 heterocycles. The molecule has 0 saturated carbocycles. The maximum Gasteiger partial charge on any atom is 0.247 e. The van der Waals surface area contributed by atoms with E-state index in [1.165, 1.54) is 18.2 Å². The van der Waals surface area contributed by atoms with Gasteiger partial charge in [0.2, 0.25) is 10.0 Å². The number of sulfone groups is 1. The van der Waals surface area contributed by atoms with Gasteiger partial charge in [-0.15, -0.1) is 0 Å². The highest BCUT2D eigenvalue weighted by molar-refractivity contribution is 8.08. The summed E-state index contributed by atoms with van der Waals surface area (Å²) in [7, 11) is -7.59. The fourth-order valence-corrected chi connectivity index (χ4v) is 4.19. The second-order valence-corrected chi connectivity index (χ2v) is 8.13. The van der Waals surface area contributed by atoms with E-state index in [9.17, 15) is 16.8 Å². The highest BCUT2D eigenvalue weighted by atomic mass is 35.5. The van der Waals surface area contributed by atoms with Gasteiger partial charge in [-0.3, -0.25) is 4.72 Å². The lowest BCUT2D eigenvalue weighted by Gasteiger charge is -2.08. The van der Waals surface area contributed by atoms with Gasteiger partial charge in [-0.1, -0.05) is 11.6 Å². The third kappa shape index (κ3) is 4.80. The van der Waals surface area contributed by atoms with E-state index in [0.29, 0.717) is 0 Å². The second-order valence-electron chi connectivity index (χ2n) is 3.50. The fraction of sp³-hybridized carbons (Fsp3) is 0.250.